The Morgan fingerprint density at radius 2 is 1.69 bits per heavy atom. The fourth-order valence-electron chi connectivity index (χ4n) is 6.15. The second-order valence-electron chi connectivity index (χ2n) is 12.3. The maximum absolute atomic E-state index is 14.1. The van der Waals surface area contributed by atoms with E-state index in [0.717, 1.165) is 22.0 Å². The first-order valence-electron chi connectivity index (χ1n) is 16.5. The van der Waals surface area contributed by atoms with E-state index in [-0.39, 0.29) is 44.0 Å². The molecule has 1 fully saturated rings. The monoisotopic (exact) mass is 675 g/mol. The molecule has 7 N–H and O–H groups in total. The number of H-pyrrole nitrogens is 1. The minimum absolute atomic E-state index is 0.00643. The first-order chi connectivity index (χ1) is 23.5. The number of aromatic amines is 1. The lowest BCUT2D eigenvalue weighted by molar-refractivity contribution is -0.150. The van der Waals surface area contributed by atoms with Crippen molar-refractivity contribution in [1.29, 1.82) is 0 Å². The predicted molar refractivity (Wildman–Crippen MR) is 182 cm³/mol. The van der Waals surface area contributed by atoms with Crippen LogP contribution >= 0.6 is 0 Å². The van der Waals surface area contributed by atoms with Crippen molar-refractivity contribution in [2.75, 3.05) is 20.1 Å². The van der Waals surface area contributed by atoms with Crippen molar-refractivity contribution in [3.05, 3.63) is 71.9 Å². The summed E-state index contributed by atoms with van der Waals surface area (Å²) in [4.78, 5) is 83.5. The molecule has 0 saturated carbocycles. The second-order valence-corrected chi connectivity index (χ2v) is 12.3. The van der Waals surface area contributed by atoms with Crippen LogP contribution in [0.4, 0.5) is 4.79 Å². The molecule has 4 rings (SSSR count). The van der Waals surface area contributed by atoms with Crippen molar-refractivity contribution in [1.82, 2.24) is 30.7 Å². The number of urea groups is 1. The number of carboxylic acids is 1. The van der Waals surface area contributed by atoms with Gasteiger partial charge in [-0.1, -0.05) is 48.5 Å². The number of carbonyl (C=O) groups excluding carboxylic acids is 5. The second kappa shape index (κ2) is 17.1. The molecule has 0 aliphatic carbocycles. The van der Waals surface area contributed by atoms with Gasteiger partial charge in [0.2, 0.25) is 23.6 Å². The van der Waals surface area contributed by atoms with Crippen LogP contribution in [0, 0.1) is 0 Å². The topological polar surface area (TPSA) is 207 Å². The van der Waals surface area contributed by atoms with E-state index in [2.05, 4.69) is 20.9 Å². The Balaban J connectivity index is 1.57. The first-order valence-corrected chi connectivity index (χ1v) is 16.5. The summed E-state index contributed by atoms with van der Waals surface area (Å²) < 4.78 is 0. The van der Waals surface area contributed by atoms with Crippen LogP contribution in [-0.2, 0) is 36.8 Å². The molecule has 3 aromatic rings. The number of hydrogen-bond donors (Lipinski definition) is 6. The van der Waals surface area contributed by atoms with Crippen molar-refractivity contribution < 1.29 is 33.9 Å². The molecule has 3 unspecified atom stereocenters. The van der Waals surface area contributed by atoms with Gasteiger partial charge in [0.15, 0.2) is 0 Å². The first kappa shape index (κ1) is 36.4. The summed E-state index contributed by atoms with van der Waals surface area (Å²) in [6.07, 6.45) is 3.98. The zero-order valence-corrected chi connectivity index (χ0v) is 27.8. The maximum Gasteiger partial charge on any atom is 0.326 e. The van der Waals surface area contributed by atoms with Crippen molar-refractivity contribution >= 4 is 46.5 Å². The predicted octanol–water partition coefficient (Wildman–Crippen LogP) is 1.68. The average molecular weight is 676 g/mol. The third kappa shape index (κ3) is 9.81. The van der Waals surface area contributed by atoms with Gasteiger partial charge in [-0.05, 0) is 49.3 Å². The lowest BCUT2D eigenvalue weighted by Crippen LogP contribution is -2.60. The van der Waals surface area contributed by atoms with Crippen LogP contribution in [0.5, 0.6) is 0 Å². The number of aliphatic carboxylic acids is 1. The molecule has 1 aliphatic rings. The molecule has 14 heteroatoms. The van der Waals surface area contributed by atoms with Gasteiger partial charge in [-0.25, -0.2) is 9.59 Å². The number of rotatable bonds is 15. The number of piperidine rings is 1. The Kier molecular flexibility index (Phi) is 12.7. The van der Waals surface area contributed by atoms with Crippen LogP contribution in [0.2, 0.25) is 0 Å². The number of likely N-dealkylation sites (tertiary alicyclic amines) is 1. The molecule has 0 spiro atoms. The van der Waals surface area contributed by atoms with Gasteiger partial charge in [-0.3, -0.25) is 19.2 Å². The van der Waals surface area contributed by atoms with E-state index in [0.29, 0.717) is 25.8 Å². The van der Waals surface area contributed by atoms with Gasteiger partial charge < -0.3 is 41.6 Å². The number of likely N-dealkylation sites (N-methyl/N-ethyl adjacent to an activating group) is 1. The van der Waals surface area contributed by atoms with Crippen molar-refractivity contribution in [2.45, 2.75) is 76.0 Å². The summed E-state index contributed by atoms with van der Waals surface area (Å²) in [7, 11) is 1.57. The minimum atomic E-state index is -1.29. The Labute approximate surface area is 284 Å². The normalized spacial score (nSPS) is 16.2. The molecule has 0 radical (unpaired) electrons. The van der Waals surface area contributed by atoms with Gasteiger partial charge >= 0.3 is 12.0 Å². The van der Waals surface area contributed by atoms with Gasteiger partial charge in [0.25, 0.3) is 0 Å². The highest BCUT2D eigenvalue weighted by atomic mass is 16.4. The van der Waals surface area contributed by atoms with Crippen molar-refractivity contribution in [3.63, 3.8) is 0 Å². The number of amides is 6. The summed E-state index contributed by atoms with van der Waals surface area (Å²) in [6, 6.07) is 11.8. The molecule has 2 aromatic carbocycles. The number of aromatic nitrogens is 1. The SMILES string of the molecule is CC(=O)N(C)C(Cc1ccccc1)C(=O)N1CCCC[C@H]1C(=O)NC(Cc1c[nH]c2ccccc12)C(=O)NC(CCCNC(N)=O)C(=O)O. The zero-order valence-electron chi connectivity index (χ0n) is 27.8. The largest absolute Gasteiger partial charge is 0.480 e. The van der Waals surface area contributed by atoms with E-state index in [1.165, 1.54) is 16.7 Å². The lowest BCUT2D eigenvalue weighted by Gasteiger charge is -2.39. The quantitative estimate of drug-likeness (QED) is 0.131. The number of nitrogens with zero attached hydrogens (tertiary/aromatic N) is 2. The van der Waals surface area contributed by atoms with E-state index >= 15 is 0 Å². The Morgan fingerprint density at radius 1 is 0.980 bits per heavy atom. The van der Waals surface area contributed by atoms with E-state index in [1.54, 1.807) is 13.2 Å². The van der Waals surface area contributed by atoms with Crippen LogP contribution < -0.4 is 21.7 Å². The summed E-state index contributed by atoms with van der Waals surface area (Å²) in [5, 5.41) is 18.5. The highest BCUT2D eigenvalue weighted by Gasteiger charge is 2.39. The van der Waals surface area contributed by atoms with Gasteiger partial charge in [0, 0.05) is 57.0 Å². The Morgan fingerprint density at radius 3 is 2.39 bits per heavy atom. The molecule has 1 saturated heterocycles. The standard InChI is InChI=1S/C35H45N7O7/c1-22(43)41(2)30(19-23-11-4-3-5-12-23)33(46)42-18-9-8-16-29(42)32(45)40-28(20-24-21-38-26-14-7-6-13-25(24)26)31(44)39-27(34(47)48)15-10-17-37-35(36)49/h3-7,11-14,21,27-30,38H,8-10,15-20H2,1-2H3,(H,39,44)(H,40,45)(H,47,48)(H3,36,37,49)/t27?,28?,29-,30?/m0/s1. The van der Waals surface area contributed by atoms with Gasteiger partial charge in [-0.2, -0.15) is 0 Å². The zero-order chi connectivity index (χ0) is 35.5. The fraction of sp³-hybridized carbons (Fsp3) is 0.429. The number of nitrogens with two attached hydrogens (primary N) is 1. The molecule has 1 aromatic heterocycles. The molecule has 4 atom stereocenters. The Bertz CT molecular complexity index is 1640. The van der Waals surface area contributed by atoms with E-state index < -0.39 is 48.0 Å². The molecule has 262 valence electrons. The minimum Gasteiger partial charge on any atom is -0.480 e. The highest BCUT2D eigenvalue weighted by Crippen LogP contribution is 2.23. The molecule has 2 heterocycles. The lowest BCUT2D eigenvalue weighted by atomic mass is 9.96. The molecule has 0 bridgehead atoms. The van der Waals surface area contributed by atoms with Crippen LogP contribution in [0.25, 0.3) is 10.9 Å². The molecule has 6 amide bonds. The number of nitrogens with one attached hydrogen (secondary N) is 4. The third-order valence-corrected chi connectivity index (χ3v) is 8.93. The van der Waals surface area contributed by atoms with Gasteiger partial charge in [0.1, 0.15) is 24.2 Å². The molecule has 14 nitrogen and oxygen atoms in total. The summed E-state index contributed by atoms with van der Waals surface area (Å²) in [5.74, 6) is -3.18. The Hall–Kier alpha value is -5.40. The van der Waals surface area contributed by atoms with Crippen LogP contribution in [-0.4, -0.2) is 99.8 Å². The van der Waals surface area contributed by atoms with E-state index in [4.69, 9.17) is 5.73 Å². The highest BCUT2D eigenvalue weighted by molar-refractivity contribution is 5.95. The van der Waals surface area contributed by atoms with Crippen LogP contribution in [0.3, 0.4) is 0 Å². The number of carbonyl (C=O) groups is 6. The number of carboxylic acid groups (broad SMARTS) is 1. The number of para-hydroxylation sites is 1. The smallest absolute Gasteiger partial charge is 0.326 e. The number of fused-ring (bicyclic) bond motifs is 1. The molecule has 49 heavy (non-hydrogen) atoms. The van der Waals surface area contributed by atoms with Crippen molar-refractivity contribution in [3.8, 4) is 0 Å². The maximum atomic E-state index is 14.1. The van der Waals surface area contributed by atoms with Gasteiger partial charge in [0.05, 0.1) is 0 Å². The van der Waals surface area contributed by atoms with Crippen LogP contribution in [0.1, 0.15) is 50.2 Å². The molecular formula is C35H45N7O7. The number of hydrogen-bond acceptors (Lipinski definition) is 6. The summed E-state index contributed by atoms with van der Waals surface area (Å²) in [6.45, 7) is 1.81. The molecular weight excluding hydrogens is 630 g/mol. The molecule has 1 aliphatic heterocycles. The average Bonchev–Trinajstić information content (AvgIpc) is 3.50. The number of benzene rings is 2. The fourth-order valence-corrected chi connectivity index (χ4v) is 6.15. The van der Waals surface area contributed by atoms with E-state index in [1.807, 2.05) is 54.6 Å². The third-order valence-electron chi connectivity index (χ3n) is 8.93. The number of primary amides is 1. The van der Waals surface area contributed by atoms with Gasteiger partial charge in [-0.15, -0.1) is 0 Å². The van der Waals surface area contributed by atoms with E-state index in [9.17, 15) is 33.9 Å². The van der Waals surface area contributed by atoms with Crippen LogP contribution in [0.15, 0.2) is 60.8 Å². The summed E-state index contributed by atoms with van der Waals surface area (Å²) in [5.41, 5.74) is 7.51. The summed E-state index contributed by atoms with van der Waals surface area (Å²) >= 11 is 0. The van der Waals surface area contributed by atoms with Crippen molar-refractivity contribution in [2.24, 2.45) is 5.73 Å².